The molecule has 3 aromatic rings. The molecule has 2 aliphatic heterocycles. The zero-order valence-corrected chi connectivity index (χ0v) is 19.5. The average Bonchev–Trinajstić information content (AvgIpc) is 3.14. The van der Waals surface area contributed by atoms with Gasteiger partial charge in [-0.05, 0) is 52.7 Å². The molecular formula is C23H17Br2ClN2O. The number of fused-ring (bicyclic) bond motifs is 3. The van der Waals surface area contributed by atoms with Crippen LogP contribution in [0.25, 0.3) is 0 Å². The molecule has 3 aromatic carbocycles. The molecule has 0 N–H and O–H groups in total. The van der Waals surface area contributed by atoms with Crippen molar-refractivity contribution >= 4 is 49.2 Å². The van der Waals surface area contributed by atoms with Crippen LogP contribution in [0.2, 0.25) is 5.02 Å². The lowest BCUT2D eigenvalue weighted by Gasteiger charge is -2.38. The van der Waals surface area contributed by atoms with E-state index in [1.807, 2.05) is 30.3 Å². The van der Waals surface area contributed by atoms with E-state index in [0.717, 1.165) is 48.5 Å². The van der Waals surface area contributed by atoms with E-state index in [0.29, 0.717) is 0 Å². The van der Waals surface area contributed by atoms with Crippen molar-refractivity contribution in [3.8, 4) is 5.75 Å². The van der Waals surface area contributed by atoms with E-state index >= 15 is 0 Å². The fraction of sp³-hybridized carbons (Fsp3) is 0.174. The minimum atomic E-state index is -0.282. The third-order valence-electron chi connectivity index (χ3n) is 5.35. The van der Waals surface area contributed by atoms with E-state index in [2.05, 4.69) is 74.1 Å². The van der Waals surface area contributed by atoms with E-state index in [4.69, 9.17) is 21.4 Å². The summed E-state index contributed by atoms with van der Waals surface area (Å²) < 4.78 is 8.45. The Morgan fingerprint density at radius 2 is 1.76 bits per heavy atom. The van der Waals surface area contributed by atoms with Gasteiger partial charge in [0.1, 0.15) is 5.75 Å². The molecule has 0 fully saturated rings. The standard InChI is InChI=1S/C23H17Br2ClN2O/c1-13-2-4-15(5-3-13)23-28-21(18-10-16(24)11-19(25)22(18)29-23)12-20(27-28)14-6-8-17(26)9-7-14/h2-11,21,23H,12H2,1H3/t21-,23-/m0/s1. The summed E-state index contributed by atoms with van der Waals surface area (Å²) in [5.74, 6) is 0.882. The Balaban J connectivity index is 1.62. The molecule has 0 saturated heterocycles. The number of benzene rings is 3. The Labute approximate surface area is 191 Å². The van der Waals surface area contributed by atoms with Gasteiger partial charge in [0.2, 0.25) is 6.23 Å². The molecule has 0 saturated carbocycles. The van der Waals surface area contributed by atoms with Crippen LogP contribution in [0.15, 0.2) is 74.7 Å². The van der Waals surface area contributed by atoms with Gasteiger partial charge in [-0.1, -0.05) is 69.5 Å². The highest BCUT2D eigenvalue weighted by molar-refractivity contribution is 9.11. The second kappa shape index (κ2) is 7.46. The first-order chi connectivity index (χ1) is 14.0. The molecule has 0 aromatic heterocycles. The lowest BCUT2D eigenvalue weighted by atomic mass is 9.96. The van der Waals surface area contributed by atoms with Crippen LogP contribution in [0.1, 0.15) is 40.9 Å². The molecule has 0 unspecified atom stereocenters. The van der Waals surface area contributed by atoms with Crippen LogP contribution in [0.3, 0.4) is 0 Å². The third-order valence-corrected chi connectivity index (χ3v) is 6.65. The maximum absolute atomic E-state index is 6.49. The first-order valence-corrected chi connectivity index (χ1v) is 11.3. The number of aryl methyl sites for hydroxylation is 1. The third kappa shape index (κ3) is 3.49. The van der Waals surface area contributed by atoms with E-state index in [9.17, 15) is 0 Å². The van der Waals surface area contributed by atoms with E-state index in [1.165, 1.54) is 5.56 Å². The molecule has 0 radical (unpaired) electrons. The van der Waals surface area contributed by atoms with Crippen molar-refractivity contribution in [3.63, 3.8) is 0 Å². The predicted octanol–water partition coefficient (Wildman–Crippen LogP) is 7.42. The summed E-state index contributed by atoms with van der Waals surface area (Å²) in [6, 6.07) is 20.6. The van der Waals surface area contributed by atoms with Crippen LogP contribution in [0.4, 0.5) is 0 Å². The molecule has 0 amide bonds. The average molecular weight is 533 g/mol. The second-order valence-corrected chi connectivity index (χ2v) is 9.55. The Bertz CT molecular complexity index is 1110. The Morgan fingerprint density at radius 3 is 2.48 bits per heavy atom. The lowest BCUT2D eigenvalue weighted by Crippen LogP contribution is -2.33. The van der Waals surface area contributed by atoms with Gasteiger partial charge in [0.05, 0.1) is 16.2 Å². The zero-order chi connectivity index (χ0) is 20.1. The first-order valence-electron chi connectivity index (χ1n) is 9.33. The zero-order valence-electron chi connectivity index (χ0n) is 15.6. The van der Waals surface area contributed by atoms with Crippen LogP contribution in [0.5, 0.6) is 5.75 Å². The largest absolute Gasteiger partial charge is 0.463 e. The molecule has 0 aliphatic carbocycles. The summed E-state index contributed by atoms with van der Waals surface area (Å²) in [7, 11) is 0. The van der Waals surface area contributed by atoms with Gasteiger partial charge in [-0.15, -0.1) is 0 Å². The monoisotopic (exact) mass is 530 g/mol. The Morgan fingerprint density at radius 1 is 1.03 bits per heavy atom. The summed E-state index contributed by atoms with van der Waals surface area (Å²) in [5.41, 5.74) is 5.56. The number of hydrazone groups is 1. The predicted molar refractivity (Wildman–Crippen MR) is 124 cm³/mol. The van der Waals surface area contributed by atoms with Crippen molar-refractivity contribution in [2.45, 2.75) is 25.6 Å². The molecular weight excluding hydrogens is 516 g/mol. The van der Waals surface area contributed by atoms with Crippen LogP contribution in [-0.4, -0.2) is 10.7 Å². The van der Waals surface area contributed by atoms with Crippen molar-refractivity contribution in [1.29, 1.82) is 0 Å². The van der Waals surface area contributed by atoms with Crippen molar-refractivity contribution < 1.29 is 4.74 Å². The lowest BCUT2D eigenvalue weighted by molar-refractivity contribution is -0.0197. The Kier molecular flexibility index (Phi) is 4.93. The number of nitrogens with zero attached hydrogens (tertiary/aromatic N) is 2. The molecule has 3 nitrogen and oxygen atoms in total. The van der Waals surface area contributed by atoms with E-state index < -0.39 is 0 Å². The maximum Gasteiger partial charge on any atom is 0.213 e. The van der Waals surface area contributed by atoms with Crippen molar-refractivity contribution in [2.75, 3.05) is 0 Å². The molecule has 2 heterocycles. The summed E-state index contributed by atoms with van der Waals surface area (Å²) in [6.45, 7) is 2.09. The smallest absolute Gasteiger partial charge is 0.213 e. The molecule has 0 bridgehead atoms. The molecule has 2 aliphatic rings. The maximum atomic E-state index is 6.49. The van der Waals surface area contributed by atoms with Gasteiger partial charge in [0.15, 0.2) is 0 Å². The van der Waals surface area contributed by atoms with Crippen LogP contribution >= 0.6 is 43.5 Å². The topological polar surface area (TPSA) is 24.8 Å². The van der Waals surface area contributed by atoms with Gasteiger partial charge < -0.3 is 4.74 Å². The summed E-state index contributed by atoms with van der Waals surface area (Å²) in [6.07, 6.45) is 0.527. The molecule has 29 heavy (non-hydrogen) atoms. The minimum absolute atomic E-state index is 0.101. The molecule has 0 spiro atoms. The highest BCUT2D eigenvalue weighted by Gasteiger charge is 2.41. The van der Waals surface area contributed by atoms with Crippen LogP contribution in [-0.2, 0) is 0 Å². The van der Waals surface area contributed by atoms with Gasteiger partial charge in [0, 0.05) is 27.0 Å². The Hall–Kier alpha value is -1.82. The van der Waals surface area contributed by atoms with E-state index in [-0.39, 0.29) is 12.3 Å². The SMILES string of the molecule is Cc1ccc([C@@H]2Oc3c(Br)cc(Br)cc3[C@@H]3CC(c4ccc(Cl)cc4)=NN32)cc1. The molecule has 146 valence electrons. The summed E-state index contributed by atoms with van der Waals surface area (Å²) in [4.78, 5) is 0. The summed E-state index contributed by atoms with van der Waals surface area (Å²) in [5, 5.41) is 7.82. The van der Waals surface area contributed by atoms with Gasteiger partial charge in [-0.25, -0.2) is 5.01 Å². The second-order valence-electron chi connectivity index (χ2n) is 7.34. The van der Waals surface area contributed by atoms with Gasteiger partial charge in [0.25, 0.3) is 0 Å². The van der Waals surface area contributed by atoms with Gasteiger partial charge in [-0.2, -0.15) is 5.10 Å². The number of ether oxygens (including phenoxy) is 1. The van der Waals surface area contributed by atoms with Gasteiger partial charge >= 0.3 is 0 Å². The first kappa shape index (κ1) is 19.2. The highest BCUT2D eigenvalue weighted by atomic mass is 79.9. The van der Waals surface area contributed by atoms with Crippen molar-refractivity contribution in [3.05, 3.63) is 96.9 Å². The molecule has 6 heteroatoms. The normalized spacial score (nSPS) is 20.0. The molecule has 2 atom stereocenters. The number of hydrogen-bond donors (Lipinski definition) is 0. The highest BCUT2D eigenvalue weighted by Crippen LogP contribution is 2.50. The van der Waals surface area contributed by atoms with E-state index in [1.54, 1.807) is 0 Å². The fourth-order valence-corrected chi connectivity index (χ4v) is 5.36. The quantitative estimate of drug-likeness (QED) is 0.343. The number of halogens is 3. The van der Waals surface area contributed by atoms with Crippen molar-refractivity contribution in [2.24, 2.45) is 5.10 Å². The molecule has 5 rings (SSSR count). The van der Waals surface area contributed by atoms with Crippen LogP contribution in [0, 0.1) is 6.92 Å². The van der Waals surface area contributed by atoms with Crippen molar-refractivity contribution in [1.82, 2.24) is 5.01 Å². The minimum Gasteiger partial charge on any atom is -0.463 e. The number of rotatable bonds is 2. The van der Waals surface area contributed by atoms with Crippen LogP contribution < -0.4 is 4.74 Å². The summed E-state index contributed by atoms with van der Waals surface area (Å²) >= 11 is 13.4. The van der Waals surface area contributed by atoms with Gasteiger partial charge in [-0.3, -0.25) is 0 Å². The number of hydrogen-bond acceptors (Lipinski definition) is 3. The fourth-order valence-electron chi connectivity index (χ4n) is 3.88.